The Bertz CT molecular complexity index is 891. The number of para-hydroxylation sites is 2. The average molecular weight is 382 g/mol. The molecule has 3 N–H and O–H groups in total. The second kappa shape index (κ2) is 7.48. The zero-order valence-electron chi connectivity index (χ0n) is 13.2. The predicted molar refractivity (Wildman–Crippen MR) is 91.9 cm³/mol. The smallest absolute Gasteiger partial charge is 0.462 e. The number of anilines is 1. The summed E-state index contributed by atoms with van der Waals surface area (Å²) < 4.78 is 46.5. The van der Waals surface area contributed by atoms with Gasteiger partial charge in [-0.15, -0.1) is 24.5 Å². The van der Waals surface area contributed by atoms with Crippen LogP contribution >= 0.6 is 11.3 Å². The summed E-state index contributed by atoms with van der Waals surface area (Å²) >= 11 is 1.39. The number of hydrogen-bond donors (Lipinski definition) is 2. The van der Waals surface area contributed by atoms with Gasteiger partial charge in [0.2, 0.25) is 0 Å². The highest BCUT2D eigenvalue weighted by molar-refractivity contribution is 7.13. The van der Waals surface area contributed by atoms with Gasteiger partial charge in [0, 0.05) is 5.38 Å². The molecule has 2 heterocycles. The van der Waals surface area contributed by atoms with Crippen molar-refractivity contribution in [2.24, 2.45) is 10.7 Å². The minimum Gasteiger partial charge on any atom is -0.462 e. The van der Waals surface area contributed by atoms with E-state index < -0.39 is 12.1 Å². The molecule has 3 aromatic rings. The molecule has 0 aliphatic rings. The second-order valence-corrected chi connectivity index (χ2v) is 5.85. The molecule has 10 heteroatoms. The highest BCUT2D eigenvalue weighted by Crippen LogP contribution is 2.29. The molecule has 0 fully saturated rings. The number of rotatable bonds is 5. The first-order chi connectivity index (χ1) is 12.4. The number of ether oxygens (including phenoxy) is 1. The number of guanidine groups is 1. The zero-order chi connectivity index (χ0) is 18.6. The molecule has 0 radical (unpaired) electrons. The van der Waals surface area contributed by atoms with Crippen molar-refractivity contribution < 1.29 is 22.3 Å². The molecule has 26 heavy (non-hydrogen) atoms. The number of alkyl halides is 3. The Labute approximate surface area is 150 Å². The maximum Gasteiger partial charge on any atom is 0.573 e. The maximum atomic E-state index is 12.4. The lowest BCUT2D eigenvalue weighted by molar-refractivity contribution is -0.274. The van der Waals surface area contributed by atoms with E-state index in [4.69, 9.17) is 10.2 Å². The van der Waals surface area contributed by atoms with Crippen molar-refractivity contribution >= 4 is 23.0 Å². The minimum absolute atomic E-state index is 0.0561. The highest BCUT2D eigenvalue weighted by Gasteiger charge is 2.32. The van der Waals surface area contributed by atoms with Gasteiger partial charge in [0.25, 0.3) is 0 Å². The molecule has 2 aromatic heterocycles. The van der Waals surface area contributed by atoms with Crippen LogP contribution in [0.4, 0.5) is 18.9 Å². The van der Waals surface area contributed by atoms with Crippen LogP contribution < -0.4 is 15.8 Å². The number of nitrogens with one attached hydrogen (secondary N) is 1. The molecule has 0 atom stereocenters. The number of benzene rings is 1. The fraction of sp³-hybridized carbons (Fsp3) is 0.125. The van der Waals surface area contributed by atoms with E-state index in [2.05, 4.69) is 20.0 Å². The Balaban J connectivity index is 1.66. The fourth-order valence-electron chi connectivity index (χ4n) is 2.02. The third kappa shape index (κ3) is 4.76. The summed E-state index contributed by atoms with van der Waals surface area (Å²) in [6, 6.07) is 9.11. The molecular formula is C16H13F3N4O2S. The Kier molecular flexibility index (Phi) is 5.12. The summed E-state index contributed by atoms with van der Waals surface area (Å²) in [5, 5.41) is 5.10. The van der Waals surface area contributed by atoms with Crippen LogP contribution in [0.2, 0.25) is 0 Å². The van der Waals surface area contributed by atoms with Gasteiger partial charge in [-0.1, -0.05) is 12.1 Å². The maximum absolute atomic E-state index is 12.4. The van der Waals surface area contributed by atoms with Crippen molar-refractivity contribution in [1.82, 2.24) is 4.98 Å². The van der Waals surface area contributed by atoms with Gasteiger partial charge in [0.15, 0.2) is 22.5 Å². The van der Waals surface area contributed by atoms with Crippen LogP contribution in [0.1, 0.15) is 5.69 Å². The Morgan fingerprint density at radius 1 is 1.27 bits per heavy atom. The first-order valence-electron chi connectivity index (χ1n) is 7.31. The molecule has 0 aliphatic heterocycles. The van der Waals surface area contributed by atoms with Crippen LogP contribution in [0.5, 0.6) is 5.75 Å². The number of aromatic nitrogens is 1. The largest absolute Gasteiger partial charge is 0.573 e. The molecule has 136 valence electrons. The minimum atomic E-state index is -4.80. The number of hydrogen-bond acceptors (Lipinski definition) is 5. The zero-order valence-corrected chi connectivity index (χ0v) is 14.0. The van der Waals surface area contributed by atoms with Crippen molar-refractivity contribution in [3.05, 3.63) is 53.7 Å². The lowest BCUT2D eigenvalue weighted by Gasteiger charge is -2.14. The Morgan fingerprint density at radius 2 is 2.08 bits per heavy atom. The van der Waals surface area contributed by atoms with Gasteiger partial charge >= 0.3 is 6.36 Å². The molecule has 0 amide bonds. The fourth-order valence-corrected chi connectivity index (χ4v) is 2.80. The van der Waals surface area contributed by atoms with Crippen molar-refractivity contribution in [2.75, 3.05) is 5.32 Å². The van der Waals surface area contributed by atoms with Crippen LogP contribution in [0, 0.1) is 0 Å². The third-order valence-corrected chi connectivity index (χ3v) is 3.98. The molecular weight excluding hydrogens is 369 g/mol. The van der Waals surface area contributed by atoms with Gasteiger partial charge in [-0.25, -0.2) is 9.98 Å². The number of furan rings is 1. The summed E-state index contributed by atoms with van der Waals surface area (Å²) in [5.74, 6) is 0.192. The molecule has 0 saturated carbocycles. The van der Waals surface area contributed by atoms with Gasteiger partial charge in [-0.3, -0.25) is 0 Å². The number of nitrogens with zero attached hydrogens (tertiary/aromatic N) is 2. The van der Waals surface area contributed by atoms with Gasteiger partial charge < -0.3 is 20.2 Å². The van der Waals surface area contributed by atoms with E-state index in [1.54, 1.807) is 29.8 Å². The van der Waals surface area contributed by atoms with Gasteiger partial charge in [0.05, 0.1) is 24.2 Å². The lowest BCUT2D eigenvalue weighted by atomic mass is 10.3. The summed E-state index contributed by atoms with van der Waals surface area (Å²) in [4.78, 5) is 8.44. The number of aliphatic imine (C=N–C) groups is 1. The van der Waals surface area contributed by atoms with Crippen molar-refractivity contribution in [3.63, 3.8) is 0 Å². The summed E-state index contributed by atoms with van der Waals surface area (Å²) in [7, 11) is 0. The van der Waals surface area contributed by atoms with Crippen molar-refractivity contribution in [1.29, 1.82) is 0 Å². The van der Waals surface area contributed by atoms with E-state index >= 15 is 0 Å². The third-order valence-electron chi connectivity index (χ3n) is 3.07. The second-order valence-electron chi connectivity index (χ2n) is 4.99. The van der Waals surface area contributed by atoms with E-state index in [9.17, 15) is 13.2 Å². The van der Waals surface area contributed by atoms with Crippen LogP contribution in [-0.4, -0.2) is 17.3 Å². The average Bonchev–Trinajstić information content (AvgIpc) is 3.24. The van der Waals surface area contributed by atoms with Crippen LogP contribution in [-0.2, 0) is 6.54 Å². The van der Waals surface area contributed by atoms with Gasteiger partial charge in [-0.05, 0) is 24.3 Å². The van der Waals surface area contributed by atoms with Crippen LogP contribution in [0.15, 0.2) is 57.5 Å². The Hall–Kier alpha value is -3.01. The molecule has 0 aliphatic carbocycles. The van der Waals surface area contributed by atoms with Crippen molar-refractivity contribution in [3.8, 4) is 16.5 Å². The van der Waals surface area contributed by atoms with Crippen LogP contribution in [0.25, 0.3) is 10.8 Å². The molecule has 0 spiro atoms. The standard InChI is InChI=1S/C16H13F3N4O2S/c17-16(18,19)25-12-5-2-1-4-11(12)23-15(20)21-8-10-9-26-14(22-10)13-6-3-7-24-13/h1-7,9H,8H2,(H3,20,21,23). The normalized spacial score (nSPS) is 12.2. The first-order valence-corrected chi connectivity index (χ1v) is 8.19. The number of halogens is 3. The van der Waals surface area contributed by atoms with E-state index in [1.807, 2.05) is 0 Å². The summed E-state index contributed by atoms with van der Waals surface area (Å²) in [6.45, 7) is 0.165. The topological polar surface area (TPSA) is 85.7 Å². The van der Waals surface area contributed by atoms with E-state index in [0.717, 1.165) is 0 Å². The van der Waals surface area contributed by atoms with E-state index in [1.165, 1.54) is 29.5 Å². The number of thiazole rings is 1. The van der Waals surface area contributed by atoms with Crippen LogP contribution in [0.3, 0.4) is 0 Å². The van der Waals surface area contributed by atoms with Gasteiger partial charge in [0.1, 0.15) is 0 Å². The molecule has 0 saturated heterocycles. The van der Waals surface area contributed by atoms with E-state index in [-0.39, 0.29) is 18.2 Å². The first kappa shape index (κ1) is 17.8. The summed E-state index contributed by atoms with van der Waals surface area (Å²) in [6.07, 6.45) is -3.25. The highest BCUT2D eigenvalue weighted by atomic mass is 32.1. The SMILES string of the molecule is NC(=NCc1csc(-c2ccco2)n1)Nc1ccccc1OC(F)(F)F. The van der Waals surface area contributed by atoms with E-state index in [0.29, 0.717) is 16.5 Å². The predicted octanol–water partition coefficient (Wildman–Crippen LogP) is 4.23. The molecule has 0 bridgehead atoms. The van der Waals surface area contributed by atoms with Crippen molar-refractivity contribution in [2.45, 2.75) is 12.9 Å². The molecule has 3 rings (SSSR count). The molecule has 6 nitrogen and oxygen atoms in total. The Morgan fingerprint density at radius 3 is 2.81 bits per heavy atom. The number of nitrogens with two attached hydrogens (primary N) is 1. The molecule has 0 unspecified atom stereocenters. The quantitative estimate of drug-likeness (QED) is 0.510. The van der Waals surface area contributed by atoms with Gasteiger partial charge in [-0.2, -0.15) is 0 Å². The monoisotopic (exact) mass is 382 g/mol. The molecule has 1 aromatic carbocycles. The lowest BCUT2D eigenvalue weighted by Crippen LogP contribution is -2.24. The summed E-state index contributed by atoms with van der Waals surface area (Å²) in [5.41, 5.74) is 6.46.